The van der Waals surface area contributed by atoms with Crippen molar-refractivity contribution in [3.8, 4) is 0 Å². The highest BCUT2D eigenvalue weighted by molar-refractivity contribution is 5.56. The van der Waals surface area contributed by atoms with E-state index in [-0.39, 0.29) is 19.0 Å². The molecule has 0 heterocycles. The molecule has 0 aromatic carbocycles. The van der Waals surface area contributed by atoms with Gasteiger partial charge in [-0.2, -0.15) is 0 Å². The molecule has 11 heavy (non-hydrogen) atoms. The standard InChI is InChI=1S/C6H13NO3.ClH/c1-7(2,3)4-5-10-6(8)9;/h4-5H2,1-3H3;1H. The molecule has 0 amide bonds. The van der Waals surface area contributed by atoms with Crippen molar-refractivity contribution < 1.29 is 31.5 Å². The molecular weight excluding hydrogens is 170 g/mol. The zero-order valence-corrected chi connectivity index (χ0v) is 7.76. The predicted octanol–water partition coefficient (Wildman–Crippen LogP) is -2.61. The van der Waals surface area contributed by atoms with E-state index in [0.717, 1.165) is 0 Å². The molecule has 0 spiro atoms. The summed E-state index contributed by atoms with van der Waals surface area (Å²) in [6.45, 7) is 0.963. The minimum Gasteiger partial charge on any atom is -1.00 e. The quantitative estimate of drug-likeness (QED) is 0.386. The number of hydrogen-bond donors (Lipinski definition) is 1. The van der Waals surface area contributed by atoms with Crippen LogP contribution < -0.4 is 12.4 Å². The molecule has 0 atom stereocenters. The molecule has 0 radical (unpaired) electrons. The van der Waals surface area contributed by atoms with Crippen LogP contribution in [0.5, 0.6) is 0 Å². The van der Waals surface area contributed by atoms with Gasteiger partial charge in [0.05, 0.1) is 21.1 Å². The van der Waals surface area contributed by atoms with Gasteiger partial charge in [0, 0.05) is 0 Å². The van der Waals surface area contributed by atoms with Crippen LogP contribution in [0.1, 0.15) is 0 Å². The van der Waals surface area contributed by atoms with Crippen molar-refractivity contribution in [1.29, 1.82) is 0 Å². The first kappa shape index (κ1) is 13.1. The highest BCUT2D eigenvalue weighted by atomic mass is 35.5. The van der Waals surface area contributed by atoms with E-state index in [2.05, 4.69) is 4.74 Å². The van der Waals surface area contributed by atoms with E-state index in [4.69, 9.17) is 5.11 Å². The third-order valence-electron chi connectivity index (χ3n) is 0.988. The topological polar surface area (TPSA) is 46.5 Å². The zero-order valence-electron chi connectivity index (χ0n) is 7.00. The van der Waals surface area contributed by atoms with E-state index in [1.807, 2.05) is 21.1 Å². The molecule has 0 aromatic rings. The molecule has 0 saturated heterocycles. The predicted molar refractivity (Wildman–Crippen MR) is 36.9 cm³/mol. The van der Waals surface area contributed by atoms with Gasteiger partial charge in [-0.05, 0) is 0 Å². The summed E-state index contributed by atoms with van der Waals surface area (Å²) in [6.07, 6.45) is -1.20. The van der Waals surface area contributed by atoms with E-state index >= 15 is 0 Å². The first-order valence-electron chi connectivity index (χ1n) is 3.08. The summed E-state index contributed by atoms with van der Waals surface area (Å²) in [7, 11) is 5.93. The summed E-state index contributed by atoms with van der Waals surface area (Å²) < 4.78 is 5.03. The summed E-state index contributed by atoms with van der Waals surface area (Å²) in [5.74, 6) is 0. The zero-order chi connectivity index (χ0) is 8.20. The van der Waals surface area contributed by atoms with E-state index in [1.54, 1.807) is 0 Å². The Labute approximate surface area is 72.8 Å². The third kappa shape index (κ3) is 12.7. The smallest absolute Gasteiger partial charge is 0.505 e. The molecule has 0 rings (SSSR count). The molecule has 0 unspecified atom stereocenters. The van der Waals surface area contributed by atoms with Crippen LogP contribution in [0.4, 0.5) is 4.79 Å². The van der Waals surface area contributed by atoms with Gasteiger partial charge in [0.2, 0.25) is 0 Å². The first-order chi connectivity index (χ1) is 4.42. The van der Waals surface area contributed by atoms with Gasteiger partial charge in [0.1, 0.15) is 13.2 Å². The fraction of sp³-hybridized carbons (Fsp3) is 0.833. The van der Waals surface area contributed by atoms with Crippen molar-refractivity contribution in [2.75, 3.05) is 34.3 Å². The monoisotopic (exact) mass is 183 g/mol. The van der Waals surface area contributed by atoms with Gasteiger partial charge in [0.15, 0.2) is 0 Å². The normalized spacial score (nSPS) is 10.1. The second kappa shape index (κ2) is 5.21. The molecule has 0 fully saturated rings. The maximum Gasteiger partial charge on any atom is 0.505 e. The highest BCUT2D eigenvalue weighted by Crippen LogP contribution is 1.88. The van der Waals surface area contributed by atoms with Crippen LogP contribution in [0.3, 0.4) is 0 Å². The second-order valence-electron chi connectivity index (χ2n) is 3.13. The van der Waals surface area contributed by atoms with E-state index in [9.17, 15) is 4.79 Å². The molecule has 0 aliphatic carbocycles. The number of quaternary nitrogens is 1. The average Bonchev–Trinajstić information content (AvgIpc) is 1.59. The van der Waals surface area contributed by atoms with Gasteiger partial charge in [-0.3, -0.25) is 0 Å². The lowest BCUT2D eigenvalue weighted by atomic mass is 10.5. The first-order valence-corrected chi connectivity index (χ1v) is 3.08. The molecule has 0 aliphatic heterocycles. The van der Waals surface area contributed by atoms with Gasteiger partial charge in [0.25, 0.3) is 0 Å². The van der Waals surface area contributed by atoms with Crippen LogP contribution in [0, 0.1) is 0 Å². The number of ether oxygens (including phenoxy) is 1. The van der Waals surface area contributed by atoms with Crippen LogP contribution >= 0.6 is 0 Å². The van der Waals surface area contributed by atoms with Crippen molar-refractivity contribution in [1.82, 2.24) is 0 Å². The fourth-order valence-corrected chi connectivity index (χ4v) is 0.407. The van der Waals surface area contributed by atoms with Gasteiger partial charge < -0.3 is 26.7 Å². The van der Waals surface area contributed by atoms with E-state index in [0.29, 0.717) is 11.0 Å². The van der Waals surface area contributed by atoms with Crippen LogP contribution in [-0.2, 0) is 4.74 Å². The minimum absolute atomic E-state index is 0. The molecule has 0 bridgehead atoms. The lowest BCUT2D eigenvalue weighted by Crippen LogP contribution is -3.00. The summed E-state index contributed by atoms with van der Waals surface area (Å²) >= 11 is 0. The van der Waals surface area contributed by atoms with Crippen LogP contribution in [-0.4, -0.2) is 50.0 Å². The Morgan fingerprint density at radius 1 is 1.45 bits per heavy atom. The van der Waals surface area contributed by atoms with Crippen molar-refractivity contribution in [3.05, 3.63) is 0 Å². The number of nitrogens with zero attached hydrogens (tertiary/aromatic N) is 1. The van der Waals surface area contributed by atoms with Crippen molar-refractivity contribution in [2.24, 2.45) is 0 Å². The van der Waals surface area contributed by atoms with Crippen LogP contribution in [0.2, 0.25) is 0 Å². The molecule has 0 saturated carbocycles. The Hall–Kier alpha value is -0.480. The van der Waals surface area contributed by atoms with Crippen molar-refractivity contribution in [3.63, 3.8) is 0 Å². The summed E-state index contributed by atoms with van der Waals surface area (Å²) in [6, 6.07) is 0. The number of halogens is 1. The van der Waals surface area contributed by atoms with Gasteiger partial charge in [-0.15, -0.1) is 0 Å². The largest absolute Gasteiger partial charge is 1.00 e. The summed E-state index contributed by atoms with van der Waals surface area (Å²) in [5, 5.41) is 8.08. The highest BCUT2D eigenvalue weighted by Gasteiger charge is 2.07. The van der Waals surface area contributed by atoms with Gasteiger partial charge >= 0.3 is 6.16 Å². The number of hydrogen-bond acceptors (Lipinski definition) is 2. The Balaban J connectivity index is 0. The maximum absolute atomic E-state index is 9.86. The van der Waals surface area contributed by atoms with Crippen molar-refractivity contribution >= 4 is 6.16 Å². The van der Waals surface area contributed by atoms with Crippen LogP contribution in [0.25, 0.3) is 0 Å². The molecule has 4 nitrogen and oxygen atoms in total. The molecule has 0 aromatic heterocycles. The Bertz CT molecular complexity index is 121. The molecule has 5 heteroatoms. The number of likely N-dealkylation sites (N-methyl/N-ethyl adjacent to an activating group) is 1. The van der Waals surface area contributed by atoms with Gasteiger partial charge in [-0.25, -0.2) is 4.79 Å². The van der Waals surface area contributed by atoms with Crippen molar-refractivity contribution in [2.45, 2.75) is 0 Å². The Kier molecular flexibility index (Phi) is 6.22. The maximum atomic E-state index is 9.86. The molecule has 1 N–H and O–H groups in total. The number of rotatable bonds is 3. The molecular formula is C6H14ClNO3. The molecule has 68 valence electrons. The lowest BCUT2D eigenvalue weighted by molar-refractivity contribution is -0.870. The number of carboxylic acid groups (broad SMARTS) is 1. The van der Waals surface area contributed by atoms with Gasteiger partial charge in [-0.1, -0.05) is 0 Å². The summed E-state index contributed by atoms with van der Waals surface area (Å²) in [5.41, 5.74) is 0. The fourth-order valence-electron chi connectivity index (χ4n) is 0.407. The average molecular weight is 184 g/mol. The SMILES string of the molecule is C[N+](C)(C)CCOC(=O)O.[Cl-]. The third-order valence-corrected chi connectivity index (χ3v) is 0.988. The Morgan fingerprint density at radius 3 is 2.18 bits per heavy atom. The van der Waals surface area contributed by atoms with E-state index < -0.39 is 6.16 Å². The minimum atomic E-state index is -1.20. The molecule has 0 aliphatic rings. The second-order valence-corrected chi connectivity index (χ2v) is 3.13. The number of carbonyl (C=O) groups is 1. The summed E-state index contributed by atoms with van der Waals surface area (Å²) in [4.78, 5) is 9.86. The van der Waals surface area contributed by atoms with Crippen LogP contribution in [0.15, 0.2) is 0 Å². The Morgan fingerprint density at radius 2 is 1.91 bits per heavy atom. The van der Waals surface area contributed by atoms with E-state index in [1.165, 1.54) is 0 Å². The lowest BCUT2D eigenvalue weighted by Gasteiger charge is -2.22.